The summed E-state index contributed by atoms with van der Waals surface area (Å²) in [5.74, 6) is 0.275. The van der Waals surface area contributed by atoms with Crippen LogP contribution in [0.4, 0.5) is 0 Å². The largest absolute Gasteiger partial charge is 0.481 e. The predicted octanol–water partition coefficient (Wildman–Crippen LogP) is 1.50. The zero-order chi connectivity index (χ0) is 12.0. The average molecular weight is 237 g/mol. The Kier molecular flexibility index (Phi) is 2.42. The molecule has 3 fully saturated rings. The van der Waals surface area contributed by atoms with E-state index >= 15 is 0 Å². The lowest BCUT2D eigenvalue weighted by Gasteiger charge is -2.35. The minimum absolute atomic E-state index is 0.293. The van der Waals surface area contributed by atoms with E-state index in [9.17, 15) is 14.7 Å². The first-order chi connectivity index (χ1) is 8.13. The van der Waals surface area contributed by atoms with E-state index in [2.05, 4.69) is 0 Å². The van der Waals surface area contributed by atoms with E-state index in [-0.39, 0.29) is 0 Å². The Hall–Kier alpha value is -1.06. The van der Waals surface area contributed by atoms with Crippen molar-refractivity contribution in [3.63, 3.8) is 0 Å². The van der Waals surface area contributed by atoms with Crippen LogP contribution in [0, 0.1) is 17.3 Å². The molecule has 17 heavy (non-hydrogen) atoms. The van der Waals surface area contributed by atoms with Gasteiger partial charge in [-0.05, 0) is 44.4 Å². The molecule has 0 spiro atoms. The molecular weight excluding hydrogens is 218 g/mol. The summed E-state index contributed by atoms with van der Waals surface area (Å²) >= 11 is 0. The highest BCUT2D eigenvalue weighted by atomic mass is 16.4. The Balaban J connectivity index is 1.57. The van der Waals surface area contributed by atoms with Crippen LogP contribution in [0.25, 0.3) is 0 Å². The number of hydrogen-bond acceptors (Lipinski definition) is 2. The Morgan fingerprint density at radius 3 is 2.06 bits per heavy atom. The van der Waals surface area contributed by atoms with Gasteiger partial charge in [0.2, 0.25) is 5.91 Å². The van der Waals surface area contributed by atoms with Gasteiger partial charge in [0.25, 0.3) is 0 Å². The number of piperidine rings is 1. The van der Waals surface area contributed by atoms with Crippen LogP contribution in [0.2, 0.25) is 0 Å². The summed E-state index contributed by atoms with van der Waals surface area (Å²) in [6.07, 6.45) is 5.54. The van der Waals surface area contributed by atoms with Crippen LogP contribution in [0.15, 0.2) is 0 Å². The van der Waals surface area contributed by atoms with E-state index in [0.717, 1.165) is 51.6 Å². The molecule has 0 aromatic rings. The van der Waals surface area contributed by atoms with E-state index in [1.165, 1.54) is 0 Å². The molecule has 0 aromatic heterocycles. The molecule has 94 valence electrons. The van der Waals surface area contributed by atoms with Crippen molar-refractivity contribution in [1.82, 2.24) is 4.90 Å². The first-order valence-corrected chi connectivity index (χ1v) is 6.66. The smallest absolute Gasteiger partial charge is 0.309 e. The van der Waals surface area contributed by atoms with Gasteiger partial charge in [-0.15, -0.1) is 0 Å². The van der Waals surface area contributed by atoms with Gasteiger partial charge < -0.3 is 10.0 Å². The lowest BCUT2D eigenvalue weighted by molar-refractivity contribution is -0.147. The number of carbonyl (C=O) groups excluding carboxylic acids is 1. The third kappa shape index (κ3) is 1.83. The summed E-state index contributed by atoms with van der Waals surface area (Å²) in [7, 11) is 0. The molecule has 1 heterocycles. The zero-order valence-corrected chi connectivity index (χ0v) is 10.0. The van der Waals surface area contributed by atoms with Gasteiger partial charge in [-0.2, -0.15) is 0 Å². The second-order valence-electron chi connectivity index (χ2n) is 5.84. The fourth-order valence-electron chi connectivity index (χ4n) is 3.17. The van der Waals surface area contributed by atoms with Gasteiger partial charge in [0.05, 0.1) is 5.41 Å². The number of rotatable bonds is 3. The van der Waals surface area contributed by atoms with E-state index in [4.69, 9.17) is 0 Å². The molecule has 0 bridgehead atoms. The van der Waals surface area contributed by atoms with Crippen molar-refractivity contribution >= 4 is 11.9 Å². The molecule has 1 amide bonds. The predicted molar refractivity (Wildman–Crippen MR) is 61.3 cm³/mol. The first-order valence-electron chi connectivity index (χ1n) is 6.66. The summed E-state index contributed by atoms with van der Waals surface area (Å²) in [5, 5.41) is 9.25. The summed E-state index contributed by atoms with van der Waals surface area (Å²) < 4.78 is 0. The van der Waals surface area contributed by atoms with Gasteiger partial charge in [0.15, 0.2) is 0 Å². The minimum atomic E-state index is -0.621. The molecule has 0 unspecified atom stereocenters. The van der Waals surface area contributed by atoms with Gasteiger partial charge in [0, 0.05) is 19.0 Å². The number of aliphatic carboxylic acids is 1. The SMILES string of the molecule is O=C(C1CC1)N1CCC(C2(C(=O)O)CC2)CC1. The molecule has 2 aliphatic carbocycles. The Morgan fingerprint density at radius 1 is 1.06 bits per heavy atom. The summed E-state index contributed by atoms with van der Waals surface area (Å²) in [6.45, 7) is 1.55. The molecule has 2 saturated carbocycles. The zero-order valence-electron chi connectivity index (χ0n) is 10.0. The van der Waals surface area contributed by atoms with Crippen molar-refractivity contribution < 1.29 is 14.7 Å². The summed E-state index contributed by atoms with van der Waals surface area (Å²) in [6, 6.07) is 0. The molecule has 3 rings (SSSR count). The maximum Gasteiger partial charge on any atom is 0.309 e. The van der Waals surface area contributed by atoms with Crippen LogP contribution in [0.3, 0.4) is 0 Å². The highest BCUT2D eigenvalue weighted by Gasteiger charge is 2.56. The molecule has 4 nitrogen and oxygen atoms in total. The molecule has 1 saturated heterocycles. The number of nitrogens with zero attached hydrogens (tertiary/aromatic N) is 1. The monoisotopic (exact) mass is 237 g/mol. The van der Waals surface area contributed by atoms with E-state index in [0.29, 0.717) is 17.7 Å². The maximum atomic E-state index is 11.9. The van der Waals surface area contributed by atoms with Crippen molar-refractivity contribution in [1.29, 1.82) is 0 Å². The van der Waals surface area contributed by atoms with Crippen molar-refractivity contribution in [2.24, 2.45) is 17.3 Å². The lowest BCUT2D eigenvalue weighted by Crippen LogP contribution is -2.42. The van der Waals surface area contributed by atoms with Gasteiger partial charge in [-0.25, -0.2) is 0 Å². The molecule has 4 heteroatoms. The van der Waals surface area contributed by atoms with E-state index in [1.807, 2.05) is 4.90 Å². The number of hydrogen-bond donors (Lipinski definition) is 1. The molecule has 1 N–H and O–H groups in total. The van der Waals surface area contributed by atoms with Gasteiger partial charge in [0.1, 0.15) is 0 Å². The van der Waals surface area contributed by atoms with Crippen molar-refractivity contribution in [2.75, 3.05) is 13.1 Å². The molecule has 3 aliphatic rings. The topological polar surface area (TPSA) is 57.6 Å². The fraction of sp³-hybridized carbons (Fsp3) is 0.846. The van der Waals surface area contributed by atoms with Crippen LogP contribution in [0.5, 0.6) is 0 Å². The number of amides is 1. The second-order valence-corrected chi connectivity index (χ2v) is 5.84. The van der Waals surface area contributed by atoms with Crippen LogP contribution >= 0.6 is 0 Å². The molecular formula is C13H19NO3. The van der Waals surface area contributed by atoms with Crippen LogP contribution in [0.1, 0.15) is 38.5 Å². The molecule has 0 atom stereocenters. The van der Waals surface area contributed by atoms with E-state index in [1.54, 1.807) is 0 Å². The van der Waals surface area contributed by atoms with Crippen LogP contribution < -0.4 is 0 Å². The van der Waals surface area contributed by atoms with Crippen LogP contribution in [-0.2, 0) is 9.59 Å². The Labute approximate surface area is 101 Å². The normalized spacial score (nSPS) is 27.9. The third-order valence-corrected chi connectivity index (χ3v) is 4.73. The van der Waals surface area contributed by atoms with Crippen LogP contribution in [-0.4, -0.2) is 35.0 Å². The number of carbonyl (C=O) groups is 2. The molecule has 1 aliphatic heterocycles. The van der Waals surface area contributed by atoms with Crippen molar-refractivity contribution in [3.05, 3.63) is 0 Å². The van der Waals surface area contributed by atoms with Gasteiger partial charge in [-0.1, -0.05) is 0 Å². The fourth-order valence-corrected chi connectivity index (χ4v) is 3.17. The maximum absolute atomic E-state index is 11.9. The van der Waals surface area contributed by atoms with Gasteiger partial charge in [-0.3, -0.25) is 9.59 Å². The Morgan fingerprint density at radius 2 is 1.65 bits per heavy atom. The van der Waals surface area contributed by atoms with E-state index < -0.39 is 11.4 Å². The number of carboxylic acid groups (broad SMARTS) is 1. The Bertz CT molecular complexity index is 350. The quantitative estimate of drug-likeness (QED) is 0.809. The molecule has 0 aromatic carbocycles. The summed E-state index contributed by atoms with van der Waals surface area (Å²) in [4.78, 5) is 25.1. The highest BCUT2D eigenvalue weighted by Crippen LogP contribution is 2.55. The van der Waals surface area contributed by atoms with Gasteiger partial charge >= 0.3 is 5.97 Å². The number of likely N-dealkylation sites (tertiary alicyclic amines) is 1. The third-order valence-electron chi connectivity index (χ3n) is 4.73. The standard InChI is InChI=1S/C13H19NO3/c15-11(9-1-2-9)14-7-3-10(4-8-14)13(5-6-13)12(16)17/h9-10H,1-8H2,(H,16,17). The lowest BCUT2D eigenvalue weighted by atomic mass is 9.81. The first kappa shape index (κ1) is 11.1. The molecule has 0 radical (unpaired) electrons. The minimum Gasteiger partial charge on any atom is -0.481 e. The van der Waals surface area contributed by atoms with Crippen molar-refractivity contribution in [2.45, 2.75) is 38.5 Å². The number of carboxylic acids is 1. The summed E-state index contributed by atoms with van der Waals surface area (Å²) in [5.41, 5.74) is -0.422. The highest BCUT2D eigenvalue weighted by molar-refractivity contribution is 5.81. The van der Waals surface area contributed by atoms with Crippen molar-refractivity contribution in [3.8, 4) is 0 Å². The second kappa shape index (κ2) is 3.72. The average Bonchev–Trinajstić information content (AvgIpc) is 3.18.